The van der Waals surface area contributed by atoms with Gasteiger partial charge in [-0.2, -0.15) is 0 Å². The van der Waals surface area contributed by atoms with Crippen LogP contribution >= 0.6 is 0 Å². The molecule has 6 heteroatoms. The number of nitrogens with zero attached hydrogens (tertiary/aromatic N) is 2. The van der Waals surface area contributed by atoms with Crippen molar-refractivity contribution in [1.82, 2.24) is 15.5 Å². The lowest BCUT2D eigenvalue weighted by Gasteiger charge is -2.19. The molecular weight excluding hydrogens is 378 g/mol. The van der Waals surface area contributed by atoms with E-state index < -0.39 is 0 Å². The minimum atomic E-state index is -0.205. The summed E-state index contributed by atoms with van der Waals surface area (Å²) in [6.07, 6.45) is 0. The molecule has 3 aromatic rings. The zero-order valence-electron chi connectivity index (χ0n) is 17.6. The number of ether oxygens (including phenoxy) is 2. The van der Waals surface area contributed by atoms with E-state index in [0.717, 1.165) is 11.3 Å². The van der Waals surface area contributed by atoms with Gasteiger partial charge >= 0.3 is 0 Å². The second kappa shape index (κ2) is 9.87. The standard InChI is InChI=1S/C24H27N3O3/c1-24(2,3)19-9-11-20(12-10-19)30-17-22(28)25-15-16-29-23-14-13-21(26-27-23)18-7-5-4-6-8-18/h4-14H,15-17H2,1-3H3,(H,25,28). The van der Waals surface area contributed by atoms with E-state index in [0.29, 0.717) is 24.8 Å². The molecule has 0 saturated heterocycles. The van der Waals surface area contributed by atoms with E-state index >= 15 is 0 Å². The number of amides is 1. The van der Waals surface area contributed by atoms with E-state index in [-0.39, 0.29) is 17.9 Å². The second-order valence-corrected chi connectivity index (χ2v) is 7.88. The number of aromatic nitrogens is 2. The Labute approximate surface area is 177 Å². The third kappa shape index (κ3) is 6.30. The summed E-state index contributed by atoms with van der Waals surface area (Å²) in [4.78, 5) is 11.9. The SMILES string of the molecule is CC(C)(C)c1ccc(OCC(=O)NCCOc2ccc(-c3ccccc3)nn2)cc1. The topological polar surface area (TPSA) is 73.3 Å². The van der Waals surface area contributed by atoms with Crippen LogP contribution in [-0.2, 0) is 10.2 Å². The lowest BCUT2D eigenvalue weighted by Crippen LogP contribution is -2.32. The quantitative estimate of drug-likeness (QED) is 0.573. The molecular formula is C24H27N3O3. The van der Waals surface area contributed by atoms with Crippen molar-refractivity contribution in [2.24, 2.45) is 0 Å². The number of carbonyl (C=O) groups excluding carboxylic acids is 1. The van der Waals surface area contributed by atoms with Gasteiger partial charge in [0.15, 0.2) is 6.61 Å². The maximum Gasteiger partial charge on any atom is 0.258 e. The number of nitrogens with one attached hydrogen (secondary N) is 1. The first-order valence-corrected chi connectivity index (χ1v) is 9.94. The molecule has 0 bridgehead atoms. The van der Waals surface area contributed by atoms with Crippen LogP contribution in [0.5, 0.6) is 11.6 Å². The summed E-state index contributed by atoms with van der Waals surface area (Å²) in [7, 11) is 0. The van der Waals surface area contributed by atoms with E-state index in [1.165, 1.54) is 5.56 Å². The smallest absolute Gasteiger partial charge is 0.258 e. The van der Waals surface area contributed by atoms with Gasteiger partial charge in [0.1, 0.15) is 12.4 Å². The van der Waals surface area contributed by atoms with Crippen molar-refractivity contribution in [3.8, 4) is 22.9 Å². The van der Waals surface area contributed by atoms with Crippen LogP contribution in [0.3, 0.4) is 0 Å². The second-order valence-electron chi connectivity index (χ2n) is 7.88. The Kier molecular flexibility index (Phi) is 7.01. The van der Waals surface area contributed by atoms with Crippen LogP contribution in [0.15, 0.2) is 66.7 Å². The van der Waals surface area contributed by atoms with Gasteiger partial charge in [0.25, 0.3) is 5.91 Å². The monoisotopic (exact) mass is 405 g/mol. The van der Waals surface area contributed by atoms with Crippen molar-refractivity contribution in [3.63, 3.8) is 0 Å². The normalized spacial score (nSPS) is 11.0. The van der Waals surface area contributed by atoms with Gasteiger partial charge in [0.2, 0.25) is 5.88 Å². The van der Waals surface area contributed by atoms with Gasteiger partial charge in [-0.05, 0) is 29.2 Å². The van der Waals surface area contributed by atoms with Crippen LogP contribution < -0.4 is 14.8 Å². The van der Waals surface area contributed by atoms with Gasteiger partial charge in [-0.3, -0.25) is 4.79 Å². The molecule has 30 heavy (non-hydrogen) atoms. The first-order valence-electron chi connectivity index (χ1n) is 9.94. The molecule has 0 atom stereocenters. The third-order valence-corrected chi connectivity index (χ3v) is 4.47. The van der Waals surface area contributed by atoms with Crippen LogP contribution in [0.25, 0.3) is 11.3 Å². The summed E-state index contributed by atoms with van der Waals surface area (Å²) < 4.78 is 11.1. The molecule has 1 amide bonds. The van der Waals surface area contributed by atoms with Crippen molar-refractivity contribution in [2.75, 3.05) is 19.8 Å². The molecule has 1 N–H and O–H groups in total. The highest BCUT2D eigenvalue weighted by Gasteiger charge is 2.13. The molecule has 0 aliphatic carbocycles. The molecule has 0 spiro atoms. The molecule has 6 nitrogen and oxygen atoms in total. The fourth-order valence-electron chi connectivity index (χ4n) is 2.76. The van der Waals surface area contributed by atoms with E-state index in [1.54, 1.807) is 6.07 Å². The highest BCUT2D eigenvalue weighted by atomic mass is 16.5. The maximum absolute atomic E-state index is 11.9. The van der Waals surface area contributed by atoms with Crippen LogP contribution in [-0.4, -0.2) is 35.9 Å². The van der Waals surface area contributed by atoms with Crippen molar-refractivity contribution >= 4 is 5.91 Å². The van der Waals surface area contributed by atoms with Crippen molar-refractivity contribution in [3.05, 3.63) is 72.3 Å². The van der Waals surface area contributed by atoms with Gasteiger partial charge in [-0.1, -0.05) is 63.2 Å². The largest absolute Gasteiger partial charge is 0.484 e. The highest BCUT2D eigenvalue weighted by Crippen LogP contribution is 2.24. The van der Waals surface area contributed by atoms with Gasteiger partial charge < -0.3 is 14.8 Å². The third-order valence-electron chi connectivity index (χ3n) is 4.47. The Morgan fingerprint density at radius 3 is 2.27 bits per heavy atom. The summed E-state index contributed by atoms with van der Waals surface area (Å²) in [5, 5.41) is 11.0. The Balaban J connectivity index is 1.36. The van der Waals surface area contributed by atoms with Crippen LogP contribution in [0.1, 0.15) is 26.3 Å². The first kappa shape index (κ1) is 21.3. The average molecular weight is 405 g/mol. The van der Waals surface area contributed by atoms with Gasteiger partial charge in [-0.25, -0.2) is 0 Å². The summed E-state index contributed by atoms with van der Waals surface area (Å²) in [6.45, 7) is 7.07. The zero-order chi connectivity index (χ0) is 21.4. The van der Waals surface area contributed by atoms with Crippen molar-refractivity contribution < 1.29 is 14.3 Å². The van der Waals surface area contributed by atoms with E-state index in [1.807, 2.05) is 60.7 Å². The predicted octanol–water partition coefficient (Wildman–Crippen LogP) is 4.02. The Hall–Kier alpha value is -3.41. The molecule has 0 saturated carbocycles. The first-order chi connectivity index (χ1) is 14.4. The summed E-state index contributed by atoms with van der Waals surface area (Å²) in [5.41, 5.74) is 3.08. The Bertz CT molecular complexity index is 934. The molecule has 0 fully saturated rings. The maximum atomic E-state index is 11.9. The van der Waals surface area contributed by atoms with Gasteiger partial charge in [0, 0.05) is 11.6 Å². The van der Waals surface area contributed by atoms with Crippen LogP contribution in [0, 0.1) is 0 Å². The number of hydrogen-bond donors (Lipinski definition) is 1. The fourth-order valence-corrected chi connectivity index (χ4v) is 2.76. The molecule has 0 aliphatic rings. The number of hydrogen-bond acceptors (Lipinski definition) is 5. The van der Waals surface area contributed by atoms with Crippen LogP contribution in [0.4, 0.5) is 0 Å². The lowest BCUT2D eigenvalue weighted by molar-refractivity contribution is -0.123. The highest BCUT2D eigenvalue weighted by molar-refractivity contribution is 5.77. The lowest BCUT2D eigenvalue weighted by atomic mass is 9.87. The summed E-state index contributed by atoms with van der Waals surface area (Å²) in [5.74, 6) is 0.881. The van der Waals surface area contributed by atoms with Crippen molar-refractivity contribution in [2.45, 2.75) is 26.2 Å². The molecule has 156 valence electrons. The Morgan fingerprint density at radius 2 is 1.63 bits per heavy atom. The molecule has 1 heterocycles. The van der Waals surface area contributed by atoms with Gasteiger partial charge in [-0.15, -0.1) is 10.2 Å². The minimum absolute atomic E-state index is 0.0412. The molecule has 1 aromatic heterocycles. The number of rotatable bonds is 8. The van der Waals surface area contributed by atoms with Crippen LogP contribution in [0.2, 0.25) is 0 Å². The van der Waals surface area contributed by atoms with Gasteiger partial charge in [0.05, 0.1) is 12.2 Å². The molecule has 0 radical (unpaired) electrons. The molecule has 0 unspecified atom stereocenters. The van der Waals surface area contributed by atoms with E-state index in [2.05, 4.69) is 36.3 Å². The van der Waals surface area contributed by atoms with E-state index in [4.69, 9.17) is 9.47 Å². The minimum Gasteiger partial charge on any atom is -0.484 e. The summed E-state index contributed by atoms with van der Waals surface area (Å²) >= 11 is 0. The molecule has 3 rings (SSSR count). The van der Waals surface area contributed by atoms with Crippen molar-refractivity contribution in [1.29, 1.82) is 0 Å². The average Bonchev–Trinajstić information content (AvgIpc) is 2.76. The number of carbonyl (C=O) groups is 1. The molecule has 0 aliphatic heterocycles. The number of benzene rings is 2. The van der Waals surface area contributed by atoms with E-state index in [9.17, 15) is 4.79 Å². The predicted molar refractivity (Wildman–Crippen MR) is 117 cm³/mol. The molecule has 2 aromatic carbocycles. The Morgan fingerprint density at radius 1 is 0.900 bits per heavy atom. The fraction of sp³-hybridized carbons (Fsp3) is 0.292. The summed E-state index contributed by atoms with van der Waals surface area (Å²) in [6, 6.07) is 21.2. The zero-order valence-corrected chi connectivity index (χ0v) is 17.6.